The van der Waals surface area contributed by atoms with Crippen LogP contribution in [0, 0.1) is 6.92 Å². The van der Waals surface area contributed by atoms with Crippen LogP contribution in [0.4, 0.5) is 19.0 Å². The quantitative estimate of drug-likeness (QED) is 0.657. The largest absolute Gasteiger partial charge is 0.441 e. The van der Waals surface area contributed by atoms with Crippen LogP contribution in [0.15, 0.2) is 0 Å². The highest BCUT2D eigenvalue weighted by Crippen LogP contribution is 2.30. The topological polar surface area (TPSA) is 37.8 Å². The molecule has 3 nitrogen and oxygen atoms in total. The third-order valence-corrected chi connectivity index (χ3v) is 3.52. The van der Waals surface area contributed by atoms with Crippen molar-refractivity contribution in [2.24, 2.45) is 0 Å². The van der Waals surface area contributed by atoms with E-state index in [1.165, 1.54) is 0 Å². The summed E-state index contributed by atoms with van der Waals surface area (Å²) in [4.78, 5) is 8.54. The second kappa shape index (κ2) is 6.39. The summed E-state index contributed by atoms with van der Waals surface area (Å²) in [5.74, 6) is 0.951. The van der Waals surface area contributed by atoms with E-state index in [1.807, 2.05) is 20.8 Å². The average Bonchev–Trinajstić information content (AvgIpc) is 2.26. The summed E-state index contributed by atoms with van der Waals surface area (Å²) in [5, 5.41) is 3.20. The molecule has 0 saturated heterocycles. The molecule has 1 aromatic heterocycles. The molecule has 0 unspecified atom stereocenters. The molecule has 0 aromatic carbocycles. The SMILES string of the molecule is Cc1c(Cl)nc(C(C)(C)C)nc1NCCSC(F)(F)F. The summed E-state index contributed by atoms with van der Waals surface area (Å²) < 4.78 is 36.1. The summed E-state index contributed by atoms with van der Waals surface area (Å²) >= 11 is 5.97. The van der Waals surface area contributed by atoms with Crippen LogP contribution < -0.4 is 5.32 Å². The Labute approximate surface area is 125 Å². The van der Waals surface area contributed by atoms with Crippen LogP contribution in [-0.2, 0) is 5.41 Å². The number of aromatic nitrogens is 2. The standard InChI is InChI=1S/C12H17ClF3N3S/c1-7-8(13)18-10(11(2,3)4)19-9(7)17-5-6-20-12(14,15)16/h5-6H2,1-4H3,(H,17,18,19). The second-order valence-electron chi connectivity index (χ2n) is 5.28. The third-order valence-electron chi connectivity index (χ3n) is 2.42. The van der Waals surface area contributed by atoms with Gasteiger partial charge in [-0.1, -0.05) is 32.4 Å². The number of alkyl halides is 3. The Balaban J connectivity index is 2.77. The highest BCUT2D eigenvalue weighted by Gasteiger charge is 2.27. The maximum Gasteiger partial charge on any atom is 0.441 e. The lowest BCUT2D eigenvalue weighted by atomic mass is 9.95. The molecule has 0 atom stereocenters. The first-order valence-corrected chi connectivity index (χ1v) is 7.36. The van der Waals surface area contributed by atoms with Gasteiger partial charge in [0.1, 0.15) is 16.8 Å². The summed E-state index contributed by atoms with van der Waals surface area (Å²) in [6.07, 6.45) is 0. The molecule has 0 fully saturated rings. The van der Waals surface area contributed by atoms with Gasteiger partial charge in [0, 0.05) is 23.3 Å². The summed E-state index contributed by atoms with van der Waals surface area (Å²) in [6, 6.07) is 0. The molecule has 1 heterocycles. The first kappa shape index (κ1) is 17.4. The van der Waals surface area contributed by atoms with E-state index in [0.29, 0.717) is 22.4 Å². The lowest BCUT2D eigenvalue weighted by Crippen LogP contribution is -2.19. The lowest BCUT2D eigenvalue weighted by Gasteiger charge is -2.19. The van der Waals surface area contributed by atoms with Crippen LogP contribution in [0.5, 0.6) is 0 Å². The minimum atomic E-state index is -4.21. The monoisotopic (exact) mass is 327 g/mol. The second-order valence-corrected chi connectivity index (χ2v) is 6.80. The summed E-state index contributed by atoms with van der Waals surface area (Å²) in [6.45, 7) is 7.71. The molecule has 114 valence electrons. The molecule has 0 aliphatic rings. The van der Waals surface area contributed by atoms with Crippen molar-refractivity contribution in [3.63, 3.8) is 0 Å². The van der Waals surface area contributed by atoms with Crippen LogP contribution in [0.2, 0.25) is 5.15 Å². The molecule has 0 spiro atoms. The maximum atomic E-state index is 12.0. The van der Waals surface area contributed by atoms with Crippen molar-refractivity contribution in [2.75, 3.05) is 17.6 Å². The smallest absolute Gasteiger partial charge is 0.369 e. The molecule has 0 radical (unpaired) electrons. The van der Waals surface area contributed by atoms with E-state index >= 15 is 0 Å². The van der Waals surface area contributed by atoms with E-state index in [0.717, 1.165) is 0 Å². The Morgan fingerprint density at radius 2 is 1.80 bits per heavy atom. The van der Waals surface area contributed by atoms with Crippen LogP contribution in [0.3, 0.4) is 0 Å². The van der Waals surface area contributed by atoms with E-state index in [1.54, 1.807) is 6.92 Å². The highest BCUT2D eigenvalue weighted by atomic mass is 35.5. The predicted molar refractivity (Wildman–Crippen MR) is 77.5 cm³/mol. The minimum Gasteiger partial charge on any atom is -0.369 e. The van der Waals surface area contributed by atoms with E-state index in [9.17, 15) is 13.2 Å². The highest BCUT2D eigenvalue weighted by molar-refractivity contribution is 8.00. The zero-order chi connectivity index (χ0) is 15.6. The van der Waals surface area contributed by atoms with E-state index in [2.05, 4.69) is 15.3 Å². The number of hydrogen-bond acceptors (Lipinski definition) is 4. The van der Waals surface area contributed by atoms with Gasteiger partial charge in [-0.2, -0.15) is 13.2 Å². The number of rotatable bonds is 4. The van der Waals surface area contributed by atoms with Crippen molar-refractivity contribution in [3.05, 3.63) is 16.5 Å². The Morgan fingerprint density at radius 3 is 2.30 bits per heavy atom. The number of anilines is 1. The molecule has 0 aliphatic carbocycles. The van der Waals surface area contributed by atoms with Gasteiger partial charge in [-0.15, -0.1) is 0 Å². The fraction of sp³-hybridized carbons (Fsp3) is 0.667. The van der Waals surface area contributed by atoms with Gasteiger partial charge in [-0.25, -0.2) is 9.97 Å². The van der Waals surface area contributed by atoms with Crippen molar-refractivity contribution in [2.45, 2.75) is 38.6 Å². The van der Waals surface area contributed by atoms with Gasteiger partial charge >= 0.3 is 5.51 Å². The van der Waals surface area contributed by atoms with Gasteiger partial charge in [-0.05, 0) is 18.7 Å². The first-order chi connectivity index (χ1) is 9.00. The fourth-order valence-corrected chi connectivity index (χ4v) is 1.94. The van der Waals surface area contributed by atoms with E-state index in [-0.39, 0.29) is 29.5 Å². The van der Waals surface area contributed by atoms with Crippen molar-refractivity contribution in [1.82, 2.24) is 9.97 Å². The van der Waals surface area contributed by atoms with Gasteiger partial charge in [0.2, 0.25) is 0 Å². The number of nitrogens with one attached hydrogen (secondary N) is 1. The van der Waals surface area contributed by atoms with Gasteiger partial charge in [0.25, 0.3) is 0 Å². The molecule has 1 aromatic rings. The van der Waals surface area contributed by atoms with Gasteiger partial charge in [-0.3, -0.25) is 0 Å². The van der Waals surface area contributed by atoms with Gasteiger partial charge in [0.15, 0.2) is 0 Å². The number of thioether (sulfide) groups is 1. The van der Waals surface area contributed by atoms with Crippen LogP contribution >= 0.6 is 23.4 Å². The fourth-order valence-electron chi connectivity index (χ4n) is 1.33. The number of nitrogens with zero attached hydrogens (tertiary/aromatic N) is 2. The Morgan fingerprint density at radius 1 is 1.20 bits per heavy atom. The summed E-state index contributed by atoms with van der Waals surface area (Å²) in [5.41, 5.74) is -3.86. The molecule has 0 aliphatic heterocycles. The van der Waals surface area contributed by atoms with Crippen LogP contribution in [0.1, 0.15) is 32.2 Å². The number of halogens is 4. The van der Waals surface area contributed by atoms with Crippen molar-refractivity contribution >= 4 is 29.2 Å². The van der Waals surface area contributed by atoms with Gasteiger partial charge in [0.05, 0.1) is 0 Å². The van der Waals surface area contributed by atoms with Crippen molar-refractivity contribution < 1.29 is 13.2 Å². The number of hydrogen-bond donors (Lipinski definition) is 1. The first-order valence-electron chi connectivity index (χ1n) is 6.00. The molecule has 1 rings (SSSR count). The molecule has 0 amide bonds. The molecular weight excluding hydrogens is 311 g/mol. The van der Waals surface area contributed by atoms with Crippen LogP contribution in [-0.4, -0.2) is 27.8 Å². The Kier molecular flexibility index (Phi) is 5.54. The van der Waals surface area contributed by atoms with E-state index in [4.69, 9.17) is 11.6 Å². The molecule has 20 heavy (non-hydrogen) atoms. The molecule has 8 heteroatoms. The third kappa shape index (κ3) is 5.36. The molecule has 0 bridgehead atoms. The molecular formula is C12H17ClF3N3S. The minimum absolute atomic E-state index is 0.0663. The predicted octanol–water partition coefficient (Wildman–Crippen LogP) is 4.40. The molecule has 1 N–H and O–H groups in total. The Hall–Kier alpha value is -0.690. The normalized spacial score (nSPS) is 12.6. The van der Waals surface area contributed by atoms with E-state index < -0.39 is 5.51 Å². The molecule has 0 saturated carbocycles. The Bertz CT molecular complexity index is 472. The summed E-state index contributed by atoms with van der Waals surface area (Å²) in [7, 11) is 0. The lowest BCUT2D eigenvalue weighted by molar-refractivity contribution is -0.0327. The zero-order valence-electron chi connectivity index (χ0n) is 11.7. The van der Waals surface area contributed by atoms with Crippen LogP contribution in [0.25, 0.3) is 0 Å². The zero-order valence-corrected chi connectivity index (χ0v) is 13.3. The van der Waals surface area contributed by atoms with Crippen molar-refractivity contribution in [1.29, 1.82) is 0 Å². The van der Waals surface area contributed by atoms with Gasteiger partial charge < -0.3 is 5.32 Å². The van der Waals surface area contributed by atoms with Crippen molar-refractivity contribution in [3.8, 4) is 0 Å². The maximum absolute atomic E-state index is 12.0. The average molecular weight is 328 g/mol.